The van der Waals surface area contributed by atoms with Crippen molar-refractivity contribution in [2.45, 2.75) is 38.0 Å². The van der Waals surface area contributed by atoms with E-state index in [9.17, 15) is 0 Å². The van der Waals surface area contributed by atoms with Crippen LogP contribution in [0.15, 0.2) is 47.6 Å². The third-order valence-electron chi connectivity index (χ3n) is 6.10. The molecule has 2 aromatic carbocycles. The van der Waals surface area contributed by atoms with Crippen LogP contribution in [0.1, 0.15) is 42.0 Å². The normalized spacial score (nSPS) is 23.6. The number of benzene rings is 2. The summed E-state index contributed by atoms with van der Waals surface area (Å²) in [4.78, 5) is 2.37. The topological polar surface area (TPSA) is 28.1 Å². The minimum Gasteiger partial charge on any atom is -0.466 e. The molecule has 1 fully saturated rings. The van der Waals surface area contributed by atoms with Crippen molar-refractivity contribution in [2.24, 2.45) is 5.10 Å². The maximum absolute atomic E-state index is 6.65. The molecule has 1 spiro atoms. The fraction of sp³-hybridized carbons (Fsp3) is 0.409. The Bertz CT molecular complexity index is 900. The summed E-state index contributed by atoms with van der Waals surface area (Å²) in [7, 11) is 2.18. The van der Waals surface area contributed by atoms with E-state index in [0.29, 0.717) is 0 Å². The number of fused-ring (bicyclic) bond motifs is 4. The third kappa shape index (κ3) is 2.82. The standard InChI is InChI=1S/C22H24ClN3O/c1-15-3-8-21-18(13-15)20-14-19(16-4-6-17(23)7-5-16)24-26(20)22(27-21)9-11-25(2)12-10-22/h3-8,13,20H,9-12,14H2,1-2H3/t20-/m1/s1. The van der Waals surface area contributed by atoms with Gasteiger partial charge < -0.3 is 9.64 Å². The van der Waals surface area contributed by atoms with Crippen LogP contribution >= 0.6 is 11.6 Å². The lowest BCUT2D eigenvalue weighted by molar-refractivity contribution is -0.147. The SMILES string of the molecule is Cc1ccc2c(c1)[C@H]1CC(c3ccc(Cl)cc3)=NN1C1(CCN(C)CC1)O2. The Balaban J connectivity index is 1.58. The van der Waals surface area contributed by atoms with Crippen LogP contribution in [0.3, 0.4) is 0 Å². The van der Waals surface area contributed by atoms with Gasteiger partial charge in [-0.2, -0.15) is 5.10 Å². The van der Waals surface area contributed by atoms with E-state index in [0.717, 1.165) is 54.4 Å². The molecule has 2 aromatic rings. The van der Waals surface area contributed by atoms with Gasteiger partial charge in [-0.05, 0) is 37.7 Å². The molecule has 0 aliphatic carbocycles. The van der Waals surface area contributed by atoms with Gasteiger partial charge >= 0.3 is 0 Å². The highest BCUT2D eigenvalue weighted by molar-refractivity contribution is 6.30. The summed E-state index contributed by atoms with van der Waals surface area (Å²) < 4.78 is 6.65. The van der Waals surface area contributed by atoms with E-state index in [2.05, 4.69) is 54.2 Å². The average Bonchev–Trinajstić information content (AvgIpc) is 3.12. The lowest BCUT2D eigenvalue weighted by atomic mass is 9.90. The van der Waals surface area contributed by atoms with Crippen LogP contribution < -0.4 is 4.74 Å². The Morgan fingerprint density at radius 1 is 1.11 bits per heavy atom. The first-order chi connectivity index (χ1) is 13.0. The summed E-state index contributed by atoms with van der Waals surface area (Å²) in [5, 5.41) is 8.13. The van der Waals surface area contributed by atoms with Gasteiger partial charge in [0.05, 0.1) is 11.8 Å². The van der Waals surface area contributed by atoms with Crippen LogP contribution in [0, 0.1) is 6.92 Å². The second-order valence-electron chi connectivity index (χ2n) is 8.01. The largest absolute Gasteiger partial charge is 0.466 e. The van der Waals surface area contributed by atoms with Gasteiger partial charge in [0.1, 0.15) is 5.75 Å². The first-order valence-electron chi connectivity index (χ1n) is 9.65. The van der Waals surface area contributed by atoms with E-state index < -0.39 is 0 Å². The molecule has 0 N–H and O–H groups in total. The van der Waals surface area contributed by atoms with E-state index in [1.165, 1.54) is 11.1 Å². The van der Waals surface area contributed by atoms with Gasteiger partial charge in [0.15, 0.2) is 0 Å². The number of hydrogen-bond donors (Lipinski definition) is 0. The molecule has 0 bridgehead atoms. The Labute approximate surface area is 165 Å². The fourth-order valence-electron chi connectivity index (χ4n) is 4.52. The number of rotatable bonds is 1. The van der Waals surface area contributed by atoms with Gasteiger partial charge in [0, 0.05) is 42.9 Å². The van der Waals surface area contributed by atoms with Gasteiger partial charge in [0.25, 0.3) is 0 Å². The highest BCUT2D eigenvalue weighted by atomic mass is 35.5. The second-order valence-corrected chi connectivity index (χ2v) is 8.45. The molecular weight excluding hydrogens is 358 g/mol. The summed E-state index contributed by atoms with van der Waals surface area (Å²) in [5.41, 5.74) is 4.44. The number of nitrogens with zero attached hydrogens (tertiary/aromatic N) is 3. The summed E-state index contributed by atoms with van der Waals surface area (Å²) in [6.45, 7) is 4.19. The number of ether oxygens (including phenoxy) is 1. The van der Waals surface area contributed by atoms with Crippen molar-refractivity contribution in [3.8, 4) is 5.75 Å². The van der Waals surface area contributed by atoms with Crippen molar-refractivity contribution in [1.29, 1.82) is 0 Å². The van der Waals surface area contributed by atoms with E-state index in [4.69, 9.17) is 21.4 Å². The molecule has 0 saturated carbocycles. The number of aryl methyl sites for hydroxylation is 1. The van der Waals surface area contributed by atoms with E-state index in [1.807, 2.05) is 12.1 Å². The molecule has 0 amide bonds. The molecule has 0 unspecified atom stereocenters. The highest BCUT2D eigenvalue weighted by Crippen LogP contribution is 2.50. The molecule has 1 saturated heterocycles. The number of piperidine rings is 1. The first kappa shape index (κ1) is 17.1. The molecule has 0 aromatic heterocycles. The van der Waals surface area contributed by atoms with Gasteiger partial charge in [-0.3, -0.25) is 0 Å². The van der Waals surface area contributed by atoms with Crippen LogP contribution in [0.2, 0.25) is 5.02 Å². The molecule has 3 heterocycles. The summed E-state index contributed by atoms with van der Waals surface area (Å²) in [5.74, 6) is 1.03. The minimum atomic E-state index is -0.340. The van der Waals surface area contributed by atoms with Crippen LogP contribution in [-0.4, -0.2) is 41.5 Å². The van der Waals surface area contributed by atoms with E-state index in [1.54, 1.807) is 0 Å². The maximum Gasteiger partial charge on any atom is 0.200 e. The Kier molecular flexibility index (Phi) is 3.95. The zero-order valence-corrected chi connectivity index (χ0v) is 16.5. The summed E-state index contributed by atoms with van der Waals surface area (Å²) in [6, 6.07) is 14.8. The van der Waals surface area contributed by atoms with Crippen LogP contribution in [-0.2, 0) is 0 Å². The fourth-order valence-corrected chi connectivity index (χ4v) is 4.64. The lowest BCUT2D eigenvalue weighted by Crippen LogP contribution is -2.58. The molecule has 140 valence electrons. The predicted octanol–water partition coefficient (Wildman–Crippen LogP) is 4.61. The van der Waals surface area contributed by atoms with Gasteiger partial charge in [-0.1, -0.05) is 41.4 Å². The molecular formula is C22H24ClN3O. The van der Waals surface area contributed by atoms with Crippen molar-refractivity contribution < 1.29 is 4.74 Å². The predicted molar refractivity (Wildman–Crippen MR) is 108 cm³/mol. The first-order valence-corrected chi connectivity index (χ1v) is 10.0. The van der Waals surface area contributed by atoms with E-state index >= 15 is 0 Å². The second kappa shape index (κ2) is 6.25. The van der Waals surface area contributed by atoms with Crippen molar-refractivity contribution in [3.63, 3.8) is 0 Å². The summed E-state index contributed by atoms with van der Waals surface area (Å²) >= 11 is 6.08. The maximum atomic E-state index is 6.65. The molecule has 5 heteroatoms. The van der Waals surface area contributed by atoms with Crippen molar-refractivity contribution >= 4 is 17.3 Å². The van der Waals surface area contributed by atoms with Gasteiger partial charge in [-0.25, -0.2) is 5.01 Å². The Morgan fingerprint density at radius 2 is 1.85 bits per heavy atom. The third-order valence-corrected chi connectivity index (χ3v) is 6.35. The van der Waals surface area contributed by atoms with E-state index in [-0.39, 0.29) is 11.8 Å². The van der Waals surface area contributed by atoms with Gasteiger partial charge in [-0.15, -0.1) is 0 Å². The quantitative estimate of drug-likeness (QED) is 0.721. The lowest BCUT2D eigenvalue weighted by Gasteiger charge is -2.50. The van der Waals surface area contributed by atoms with Gasteiger partial charge in [0.2, 0.25) is 5.72 Å². The molecule has 3 aliphatic heterocycles. The van der Waals surface area contributed by atoms with Crippen molar-refractivity contribution in [1.82, 2.24) is 9.91 Å². The molecule has 1 atom stereocenters. The zero-order valence-electron chi connectivity index (χ0n) is 15.8. The number of hydrogen-bond acceptors (Lipinski definition) is 4. The van der Waals surface area contributed by atoms with Crippen LogP contribution in [0.4, 0.5) is 0 Å². The summed E-state index contributed by atoms with van der Waals surface area (Å²) in [6.07, 6.45) is 2.83. The highest BCUT2D eigenvalue weighted by Gasteiger charge is 2.51. The average molecular weight is 382 g/mol. The van der Waals surface area contributed by atoms with Crippen LogP contribution in [0.5, 0.6) is 5.75 Å². The minimum absolute atomic E-state index is 0.239. The molecule has 5 rings (SSSR count). The molecule has 4 nitrogen and oxygen atoms in total. The Morgan fingerprint density at radius 3 is 2.59 bits per heavy atom. The number of hydrazone groups is 1. The molecule has 27 heavy (non-hydrogen) atoms. The molecule has 3 aliphatic rings. The zero-order chi connectivity index (χ0) is 18.6. The Hall–Kier alpha value is -2.04. The molecule has 0 radical (unpaired) electrons. The van der Waals surface area contributed by atoms with Crippen LogP contribution in [0.25, 0.3) is 0 Å². The van der Waals surface area contributed by atoms with Crippen molar-refractivity contribution in [3.05, 3.63) is 64.2 Å². The monoisotopic (exact) mass is 381 g/mol. The number of likely N-dealkylation sites (tertiary alicyclic amines) is 1. The smallest absolute Gasteiger partial charge is 0.200 e. The number of halogens is 1. The van der Waals surface area contributed by atoms with Crippen molar-refractivity contribution in [2.75, 3.05) is 20.1 Å².